The van der Waals surface area contributed by atoms with Gasteiger partial charge in [-0.15, -0.1) is 0 Å². The summed E-state index contributed by atoms with van der Waals surface area (Å²) in [6.07, 6.45) is 2.67. The lowest BCUT2D eigenvalue weighted by molar-refractivity contribution is 0.152. The van der Waals surface area contributed by atoms with E-state index in [-0.39, 0.29) is 0 Å². The van der Waals surface area contributed by atoms with Crippen LogP contribution in [0.25, 0.3) is 0 Å². The predicted molar refractivity (Wildman–Crippen MR) is 68.9 cm³/mol. The molecule has 0 aromatic heterocycles. The Morgan fingerprint density at radius 1 is 1.38 bits per heavy atom. The summed E-state index contributed by atoms with van der Waals surface area (Å²) in [7, 11) is 0. The van der Waals surface area contributed by atoms with E-state index in [4.69, 9.17) is 4.74 Å². The number of benzene rings is 1. The summed E-state index contributed by atoms with van der Waals surface area (Å²) in [5.41, 5.74) is 1.87. The molecule has 1 aromatic rings. The van der Waals surface area contributed by atoms with Crippen molar-refractivity contribution in [2.24, 2.45) is 11.3 Å². The fourth-order valence-electron chi connectivity index (χ4n) is 3.22. The lowest BCUT2D eigenvalue weighted by atomic mass is 9.74. The summed E-state index contributed by atoms with van der Waals surface area (Å²) in [5.74, 6) is 2.47. The number of hydrogen-bond acceptors (Lipinski definition) is 1. The molecular weight excluding hydrogens is 264 g/mol. The normalized spacial score (nSPS) is 25.4. The van der Waals surface area contributed by atoms with Crippen LogP contribution in [-0.4, -0.2) is 6.61 Å². The second-order valence-corrected chi connectivity index (χ2v) is 6.47. The van der Waals surface area contributed by atoms with E-state index in [0.717, 1.165) is 12.4 Å². The van der Waals surface area contributed by atoms with Crippen LogP contribution >= 0.6 is 15.9 Å². The molecule has 1 heterocycles. The lowest BCUT2D eigenvalue weighted by Gasteiger charge is -2.36. The number of ether oxygens (including phenoxy) is 1. The standard InChI is InChI=1S/C14H17BrO/c1-9(2)13-11-7-10(15)3-4-12(11)16-8-14(13)5-6-14/h3-4,7,9,13H,5-6,8H2,1-2H3. The topological polar surface area (TPSA) is 9.23 Å². The molecule has 1 aliphatic heterocycles. The van der Waals surface area contributed by atoms with Crippen molar-refractivity contribution >= 4 is 15.9 Å². The third kappa shape index (κ3) is 1.50. The first-order valence-corrected chi connectivity index (χ1v) is 6.84. The molecule has 1 aliphatic carbocycles. The van der Waals surface area contributed by atoms with Gasteiger partial charge in [-0.1, -0.05) is 29.8 Å². The van der Waals surface area contributed by atoms with E-state index in [9.17, 15) is 0 Å². The first-order valence-electron chi connectivity index (χ1n) is 6.05. The molecule has 0 radical (unpaired) electrons. The van der Waals surface area contributed by atoms with Crippen LogP contribution in [0.2, 0.25) is 0 Å². The molecule has 1 unspecified atom stereocenters. The fraction of sp³-hybridized carbons (Fsp3) is 0.571. The van der Waals surface area contributed by atoms with Crippen molar-refractivity contribution in [2.75, 3.05) is 6.61 Å². The van der Waals surface area contributed by atoms with E-state index in [1.165, 1.54) is 22.9 Å². The average Bonchev–Trinajstić information content (AvgIpc) is 2.97. The second-order valence-electron chi connectivity index (χ2n) is 5.55. The molecule has 0 amide bonds. The van der Waals surface area contributed by atoms with Gasteiger partial charge in [0.15, 0.2) is 0 Å². The molecule has 1 atom stereocenters. The summed E-state index contributed by atoms with van der Waals surface area (Å²) in [4.78, 5) is 0. The maximum absolute atomic E-state index is 5.92. The second kappa shape index (κ2) is 3.49. The van der Waals surface area contributed by atoms with Crippen LogP contribution in [0.15, 0.2) is 22.7 Å². The molecule has 3 rings (SSSR count). The highest BCUT2D eigenvalue weighted by Gasteiger charge is 2.54. The van der Waals surface area contributed by atoms with Crippen LogP contribution in [-0.2, 0) is 0 Å². The molecule has 1 spiro atoms. The van der Waals surface area contributed by atoms with E-state index in [0.29, 0.717) is 17.3 Å². The van der Waals surface area contributed by atoms with Crippen molar-refractivity contribution < 1.29 is 4.74 Å². The van der Waals surface area contributed by atoms with Gasteiger partial charge in [0.05, 0.1) is 6.61 Å². The van der Waals surface area contributed by atoms with Gasteiger partial charge in [-0.25, -0.2) is 0 Å². The van der Waals surface area contributed by atoms with Gasteiger partial charge < -0.3 is 4.74 Å². The Morgan fingerprint density at radius 2 is 2.12 bits per heavy atom. The Morgan fingerprint density at radius 3 is 2.75 bits per heavy atom. The van der Waals surface area contributed by atoms with Crippen molar-refractivity contribution in [3.8, 4) is 5.75 Å². The fourth-order valence-corrected chi connectivity index (χ4v) is 3.60. The molecule has 1 fully saturated rings. The Balaban J connectivity index is 2.10. The van der Waals surface area contributed by atoms with E-state index in [1.54, 1.807) is 0 Å². The van der Waals surface area contributed by atoms with E-state index >= 15 is 0 Å². The first-order chi connectivity index (χ1) is 7.62. The minimum Gasteiger partial charge on any atom is -0.493 e. The zero-order chi connectivity index (χ0) is 11.3. The van der Waals surface area contributed by atoms with Gasteiger partial charge in [0.25, 0.3) is 0 Å². The van der Waals surface area contributed by atoms with Crippen molar-refractivity contribution in [3.05, 3.63) is 28.2 Å². The highest BCUT2D eigenvalue weighted by atomic mass is 79.9. The van der Waals surface area contributed by atoms with E-state index in [2.05, 4.69) is 48.0 Å². The maximum atomic E-state index is 5.92. The summed E-state index contributed by atoms with van der Waals surface area (Å²) >= 11 is 3.57. The van der Waals surface area contributed by atoms with Gasteiger partial charge >= 0.3 is 0 Å². The van der Waals surface area contributed by atoms with Gasteiger partial charge in [0.2, 0.25) is 0 Å². The largest absolute Gasteiger partial charge is 0.493 e. The molecule has 0 N–H and O–H groups in total. The molecule has 2 heteroatoms. The zero-order valence-electron chi connectivity index (χ0n) is 9.79. The highest BCUT2D eigenvalue weighted by molar-refractivity contribution is 9.10. The van der Waals surface area contributed by atoms with E-state index < -0.39 is 0 Å². The summed E-state index contributed by atoms with van der Waals surface area (Å²) in [5, 5.41) is 0. The molecule has 1 aromatic carbocycles. The SMILES string of the molecule is CC(C)C1c2cc(Br)ccc2OCC12CC2. The Labute approximate surface area is 105 Å². The molecular formula is C14H17BrO. The molecule has 2 aliphatic rings. The van der Waals surface area contributed by atoms with Crippen molar-refractivity contribution in [2.45, 2.75) is 32.6 Å². The van der Waals surface area contributed by atoms with Crippen molar-refractivity contribution in [3.63, 3.8) is 0 Å². The summed E-state index contributed by atoms with van der Waals surface area (Å²) < 4.78 is 7.08. The van der Waals surface area contributed by atoms with Crippen LogP contribution in [0, 0.1) is 11.3 Å². The monoisotopic (exact) mass is 280 g/mol. The maximum Gasteiger partial charge on any atom is 0.122 e. The lowest BCUT2D eigenvalue weighted by Crippen LogP contribution is -2.30. The van der Waals surface area contributed by atoms with Gasteiger partial charge in [-0.05, 0) is 48.4 Å². The number of fused-ring (bicyclic) bond motifs is 1. The Bertz CT molecular complexity index is 421. The van der Waals surface area contributed by atoms with E-state index in [1.807, 2.05) is 0 Å². The third-order valence-electron chi connectivity index (χ3n) is 4.04. The third-order valence-corrected chi connectivity index (χ3v) is 4.53. The molecule has 1 saturated carbocycles. The number of hydrogen-bond donors (Lipinski definition) is 0. The minimum atomic E-state index is 0.460. The average molecular weight is 281 g/mol. The summed E-state index contributed by atoms with van der Waals surface area (Å²) in [6.45, 7) is 5.59. The molecule has 0 saturated heterocycles. The van der Waals surface area contributed by atoms with Crippen LogP contribution in [0.1, 0.15) is 38.2 Å². The van der Waals surface area contributed by atoms with Crippen LogP contribution in [0.5, 0.6) is 5.75 Å². The number of rotatable bonds is 1. The molecule has 16 heavy (non-hydrogen) atoms. The number of halogens is 1. The first kappa shape index (κ1) is 10.6. The molecule has 1 nitrogen and oxygen atoms in total. The van der Waals surface area contributed by atoms with Gasteiger partial charge in [0.1, 0.15) is 5.75 Å². The van der Waals surface area contributed by atoms with Crippen LogP contribution in [0.4, 0.5) is 0 Å². The minimum absolute atomic E-state index is 0.460. The van der Waals surface area contributed by atoms with Crippen LogP contribution in [0.3, 0.4) is 0 Å². The van der Waals surface area contributed by atoms with Gasteiger partial charge in [0, 0.05) is 9.89 Å². The van der Waals surface area contributed by atoms with Crippen molar-refractivity contribution in [1.29, 1.82) is 0 Å². The highest BCUT2D eigenvalue weighted by Crippen LogP contribution is 2.62. The Hall–Kier alpha value is -0.500. The van der Waals surface area contributed by atoms with Gasteiger partial charge in [-0.2, -0.15) is 0 Å². The van der Waals surface area contributed by atoms with Crippen LogP contribution < -0.4 is 4.74 Å². The molecule has 86 valence electrons. The smallest absolute Gasteiger partial charge is 0.122 e. The van der Waals surface area contributed by atoms with Crippen molar-refractivity contribution in [1.82, 2.24) is 0 Å². The predicted octanol–water partition coefficient (Wildman–Crippen LogP) is 4.36. The quantitative estimate of drug-likeness (QED) is 0.743. The zero-order valence-corrected chi connectivity index (χ0v) is 11.4. The van der Waals surface area contributed by atoms with Gasteiger partial charge in [-0.3, -0.25) is 0 Å². The Kier molecular flexibility index (Phi) is 2.32. The molecule has 0 bridgehead atoms. The summed E-state index contributed by atoms with van der Waals surface area (Å²) in [6, 6.07) is 6.42.